The third-order valence-corrected chi connectivity index (χ3v) is 4.95. The Bertz CT molecular complexity index is 968. The van der Waals surface area contributed by atoms with Crippen molar-refractivity contribution < 1.29 is 19.1 Å². The van der Waals surface area contributed by atoms with Gasteiger partial charge in [-0.2, -0.15) is 0 Å². The molecule has 0 aromatic heterocycles. The number of nitrogens with one attached hydrogen (secondary N) is 2. The molecular weight excluding hydrogens is 404 g/mol. The van der Waals surface area contributed by atoms with Crippen molar-refractivity contribution in [2.75, 3.05) is 19.7 Å². The molecule has 0 unspecified atom stereocenters. The van der Waals surface area contributed by atoms with E-state index in [4.69, 9.17) is 4.74 Å². The third-order valence-electron chi connectivity index (χ3n) is 4.95. The number of hydrogen-bond donors (Lipinski definition) is 2. The van der Waals surface area contributed by atoms with Crippen LogP contribution in [-0.2, 0) is 14.3 Å². The largest absolute Gasteiger partial charge is 0.454 e. The number of amides is 2. The fourth-order valence-electron chi connectivity index (χ4n) is 3.34. The van der Waals surface area contributed by atoms with Crippen LogP contribution in [0, 0.1) is 0 Å². The SMILES string of the molecule is O=C(COC(=O)CNC(=O)c1ccccc1)NCCC(c1ccccc1)c1ccccc1. The highest BCUT2D eigenvalue weighted by atomic mass is 16.5. The molecule has 0 aliphatic rings. The molecule has 2 amide bonds. The quantitative estimate of drug-likeness (QED) is 0.484. The van der Waals surface area contributed by atoms with Gasteiger partial charge in [-0.25, -0.2) is 0 Å². The predicted molar refractivity (Wildman–Crippen MR) is 122 cm³/mol. The van der Waals surface area contributed by atoms with Crippen LogP contribution in [0.25, 0.3) is 0 Å². The molecule has 3 rings (SSSR count). The summed E-state index contributed by atoms with van der Waals surface area (Å²) in [6.45, 7) is -0.248. The first-order chi connectivity index (χ1) is 15.6. The maximum Gasteiger partial charge on any atom is 0.325 e. The van der Waals surface area contributed by atoms with E-state index in [0.717, 1.165) is 0 Å². The predicted octanol–water partition coefficient (Wildman–Crippen LogP) is 3.30. The third kappa shape index (κ3) is 7.09. The second kappa shape index (κ2) is 12.1. The Balaban J connectivity index is 1.41. The fraction of sp³-hybridized carbons (Fsp3) is 0.192. The smallest absolute Gasteiger partial charge is 0.325 e. The molecule has 3 aromatic rings. The fourth-order valence-corrected chi connectivity index (χ4v) is 3.34. The summed E-state index contributed by atoms with van der Waals surface area (Å²) < 4.78 is 4.95. The summed E-state index contributed by atoms with van der Waals surface area (Å²) in [5.41, 5.74) is 2.80. The van der Waals surface area contributed by atoms with Crippen LogP contribution in [0.3, 0.4) is 0 Å². The highest BCUT2D eigenvalue weighted by Gasteiger charge is 2.15. The number of esters is 1. The van der Waals surface area contributed by atoms with Gasteiger partial charge in [0, 0.05) is 18.0 Å². The number of carbonyl (C=O) groups excluding carboxylic acids is 3. The van der Waals surface area contributed by atoms with Crippen LogP contribution in [0.4, 0.5) is 0 Å². The number of ether oxygens (including phenoxy) is 1. The first-order valence-corrected chi connectivity index (χ1v) is 10.5. The molecule has 0 heterocycles. The molecule has 0 bridgehead atoms. The van der Waals surface area contributed by atoms with Crippen LogP contribution in [-0.4, -0.2) is 37.5 Å². The van der Waals surface area contributed by atoms with Gasteiger partial charge in [0.25, 0.3) is 11.8 Å². The summed E-state index contributed by atoms with van der Waals surface area (Å²) in [6, 6.07) is 28.8. The van der Waals surface area contributed by atoms with Crippen molar-refractivity contribution in [2.45, 2.75) is 12.3 Å². The Morgan fingerprint density at radius 3 is 1.81 bits per heavy atom. The van der Waals surface area contributed by atoms with Gasteiger partial charge >= 0.3 is 5.97 Å². The van der Waals surface area contributed by atoms with Gasteiger partial charge in [-0.3, -0.25) is 14.4 Å². The minimum absolute atomic E-state index is 0.147. The van der Waals surface area contributed by atoms with Crippen LogP contribution in [0.1, 0.15) is 33.8 Å². The van der Waals surface area contributed by atoms with E-state index in [9.17, 15) is 14.4 Å². The van der Waals surface area contributed by atoms with Gasteiger partial charge in [0.15, 0.2) is 6.61 Å². The van der Waals surface area contributed by atoms with E-state index in [1.807, 2.05) is 36.4 Å². The average molecular weight is 431 g/mol. The van der Waals surface area contributed by atoms with Crippen LogP contribution in [0.2, 0.25) is 0 Å². The number of rotatable bonds is 10. The van der Waals surface area contributed by atoms with Crippen molar-refractivity contribution in [3.63, 3.8) is 0 Å². The molecule has 2 N–H and O–H groups in total. The van der Waals surface area contributed by atoms with Gasteiger partial charge in [-0.1, -0.05) is 78.9 Å². The normalized spacial score (nSPS) is 10.4. The molecule has 0 fully saturated rings. The van der Waals surface area contributed by atoms with Crippen molar-refractivity contribution in [3.8, 4) is 0 Å². The maximum absolute atomic E-state index is 12.1. The zero-order valence-corrected chi connectivity index (χ0v) is 17.7. The molecule has 0 radical (unpaired) electrons. The van der Waals surface area contributed by atoms with Crippen LogP contribution >= 0.6 is 0 Å². The Kier molecular flexibility index (Phi) is 8.57. The minimum atomic E-state index is -0.670. The van der Waals surface area contributed by atoms with E-state index in [-0.39, 0.29) is 30.9 Å². The Labute approximate surface area is 187 Å². The van der Waals surface area contributed by atoms with Crippen LogP contribution in [0.15, 0.2) is 91.0 Å². The molecule has 0 saturated heterocycles. The van der Waals surface area contributed by atoms with E-state index in [1.165, 1.54) is 11.1 Å². The Morgan fingerprint density at radius 1 is 0.719 bits per heavy atom. The lowest BCUT2D eigenvalue weighted by Crippen LogP contribution is -2.34. The zero-order valence-electron chi connectivity index (χ0n) is 17.7. The molecule has 0 aliphatic heterocycles. The van der Waals surface area contributed by atoms with Gasteiger partial charge in [-0.15, -0.1) is 0 Å². The molecule has 3 aromatic carbocycles. The zero-order chi connectivity index (χ0) is 22.6. The van der Waals surface area contributed by atoms with Gasteiger partial charge in [0.05, 0.1) is 0 Å². The molecule has 164 valence electrons. The van der Waals surface area contributed by atoms with Crippen LogP contribution in [0.5, 0.6) is 0 Å². The molecule has 32 heavy (non-hydrogen) atoms. The highest BCUT2D eigenvalue weighted by molar-refractivity contribution is 5.96. The second-order valence-corrected chi connectivity index (χ2v) is 7.22. The molecule has 0 aliphatic carbocycles. The summed E-state index contributed by atoms with van der Waals surface area (Å²) in [5.74, 6) is -1.28. The topological polar surface area (TPSA) is 84.5 Å². The van der Waals surface area contributed by atoms with Crippen LogP contribution < -0.4 is 10.6 Å². The maximum atomic E-state index is 12.1. The van der Waals surface area contributed by atoms with Crippen molar-refractivity contribution in [2.24, 2.45) is 0 Å². The first kappa shape index (κ1) is 22.7. The van der Waals surface area contributed by atoms with E-state index < -0.39 is 5.97 Å². The molecule has 0 spiro atoms. The Morgan fingerprint density at radius 2 is 1.25 bits per heavy atom. The van der Waals surface area contributed by atoms with Crippen molar-refractivity contribution in [1.82, 2.24) is 10.6 Å². The van der Waals surface area contributed by atoms with Crippen molar-refractivity contribution >= 4 is 17.8 Å². The lowest BCUT2D eigenvalue weighted by molar-refractivity contribution is -0.147. The average Bonchev–Trinajstić information content (AvgIpc) is 2.85. The van der Waals surface area contributed by atoms with Crippen molar-refractivity contribution in [3.05, 3.63) is 108 Å². The lowest BCUT2D eigenvalue weighted by atomic mass is 9.88. The highest BCUT2D eigenvalue weighted by Crippen LogP contribution is 2.27. The summed E-state index contributed by atoms with van der Waals surface area (Å²) in [5, 5.41) is 5.27. The van der Waals surface area contributed by atoms with Gasteiger partial charge < -0.3 is 15.4 Å². The van der Waals surface area contributed by atoms with Gasteiger partial charge in [0.2, 0.25) is 0 Å². The Hall–Kier alpha value is -3.93. The van der Waals surface area contributed by atoms with Crippen molar-refractivity contribution in [1.29, 1.82) is 0 Å². The van der Waals surface area contributed by atoms with Gasteiger partial charge in [0.1, 0.15) is 6.54 Å². The van der Waals surface area contributed by atoms with E-state index >= 15 is 0 Å². The van der Waals surface area contributed by atoms with Gasteiger partial charge in [-0.05, 0) is 29.7 Å². The minimum Gasteiger partial charge on any atom is -0.454 e. The molecule has 0 saturated carbocycles. The number of hydrogen-bond acceptors (Lipinski definition) is 4. The first-order valence-electron chi connectivity index (χ1n) is 10.5. The number of benzene rings is 3. The molecular formula is C26H26N2O4. The standard InChI is InChI=1S/C26H26N2O4/c29-24(19-32-25(30)18-28-26(31)22-14-8-3-9-15-22)27-17-16-23(20-10-4-1-5-11-20)21-12-6-2-7-13-21/h1-15,23H,16-19H2,(H,27,29)(H,28,31). The molecule has 6 heteroatoms. The second-order valence-electron chi connectivity index (χ2n) is 7.22. The summed E-state index contributed by atoms with van der Waals surface area (Å²) in [6.07, 6.45) is 0.709. The monoisotopic (exact) mass is 430 g/mol. The summed E-state index contributed by atoms with van der Waals surface area (Å²) in [4.78, 5) is 35.8. The van der Waals surface area contributed by atoms with E-state index in [1.54, 1.807) is 30.3 Å². The molecule has 6 nitrogen and oxygen atoms in total. The van der Waals surface area contributed by atoms with E-state index in [0.29, 0.717) is 18.5 Å². The number of carbonyl (C=O) groups is 3. The van der Waals surface area contributed by atoms with E-state index in [2.05, 4.69) is 34.9 Å². The lowest BCUT2D eigenvalue weighted by Gasteiger charge is -2.18. The summed E-state index contributed by atoms with van der Waals surface area (Å²) >= 11 is 0. The summed E-state index contributed by atoms with van der Waals surface area (Å²) in [7, 11) is 0. The molecule has 0 atom stereocenters.